The van der Waals surface area contributed by atoms with Crippen LogP contribution >= 0.6 is 0 Å². The van der Waals surface area contributed by atoms with E-state index >= 15 is 0 Å². The molecular weight excluding hydrogens is 212 g/mol. The Morgan fingerprint density at radius 1 is 1.38 bits per heavy atom. The summed E-state index contributed by atoms with van der Waals surface area (Å²) in [5.74, 6) is -0.0000694. The van der Waals surface area contributed by atoms with E-state index in [9.17, 15) is 14.7 Å². The van der Waals surface area contributed by atoms with Crippen LogP contribution in [0.4, 0.5) is 5.82 Å². The second kappa shape index (κ2) is 4.93. The van der Waals surface area contributed by atoms with Crippen molar-refractivity contribution in [2.45, 2.75) is 32.3 Å². The number of hydrogen-bond acceptors (Lipinski definition) is 5. The highest BCUT2D eigenvalue weighted by Crippen LogP contribution is 2.14. The molecule has 90 valence electrons. The molecule has 0 aliphatic carbocycles. The van der Waals surface area contributed by atoms with E-state index in [2.05, 4.69) is 15.5 Å². The van der Waals surface area contributed by atoms with Gasteiger partial charge in [-0.3, -0.25) is 9.78 Å². The quantitative estimate of drug-likeness (QED) is 0.539. The van der Waals surface area contributed by atoms with Gasteiger partial charge in [0.1, 0.15) is 0 Å². The molecular formula is C9H16N4O3. The highest BCUT2D eigenvalue weighted by Gasteiger charge is 2.22. The molecule has 1 aromatic rings. The Morgan fingerprint density at radius 3 is 2.50 bits per heavy atom. The fourth-order valence-electron chi connectivity index (χ4n) is 1.22. The summed E-state index contributed by atoms with van der Waals surface area (Å²) in [6.45, 7) is 3.92. The van der Waals surface area contributed by atoms with Crippen molar-refractivity contribution in [2.75, 3.05) is 11.9 Å². The minimum atomic E-state index is -0.871. The minimum Gasteiger partial charge on any atom is -0.388 e. The van der Waals surface area contributed by atoms with E-state index < -0.39 is 16.9 Å². The average molecular weight is 228 g/mol. The van der Waals surface area contributed by atoms with E-state index in [1.54, 1.807) is 0 Å². The fraction of sp³-hybridized carbons (Fsp3) is 0.667. The van der Waals surface area contributed by atoms with Crippen LogP contribution in [-0.4, -0.2) is 32.4 Å². The first-order chi connectivity index (χ1) is 7.50. The summed E-state index contributed by atoms with van der Waals surface area (Å²) in [5, 5.41) is 18.3. The van der Waals surface area contributed by atoms with Gasteiger partial charge in [0, 0.05) is 6.54 Å². The van der Waals surface area contributed by atoms with Gasteiger partial charge in [-0.15, -0.1) is 5.10 Å². The molecule has 0 radical (unpaired) electrons. The molecule has 0 bridgehead atoms. The van der Waals surface area contributed by atoms with E-state index in [0.717, 1.165) is 0 Å². The summed E-state index contributed by atoms with van der Waals surface area (Å²) >= 11 is 0. The van der Waals surface area contributed by atoms with Crippen LogP contribution in [0.1, 0.15) is 26.7 Å². The maximum atomic E-state index is 11.3. The first-order valence-corrected chi connectivity index (χ1v) is 5.16. The Bertz CT molecular complexity index is 447. The van der Waals surface area contributed by atoms with Crippen LogP contribution in [0.5, 0.6) is 0 Å². The zero-order chi connectivity index (χ0) is 12.2. The minimum absolute atomic E-state index is 0.0000694. The van der Waals surface area contributed by atoms with Crippen molar-refractivity contribution in [3.8, 4) is 0 Å². The zero-order valence-corrected chi connectivity index (χ0v) is 9.33. The Morgan fingerprint density at radius 2 is 2.00 bits per heavy atom. The number of nitrogens with zero attached hydrogens (tertiary/aromatic N) is 1. The predicted octanol–water partition coefficient (Wildman–Crippen LogP) is -0.579. The normalized spacial score (nSPS) is 11.4. The highest BCUT2D eigenvalue weighted by molar-refractivity contribution is 5.29. The third kappa shape index (κ3) is 2.93. The first-order valence-electron chi connectivity index (χ1n) is 5.16. The Hall–Kier alpha value is -1.63. The molecule has 0 saturated heterocycles. The molecule has 4 N–H and O–H groups in total. The molecule has 0 saturated carbocycles. The summed E-state index contributed by atoms with van der Waals surface area (Å²) in [5.41, 5.74) is -2.13. The number of aliphatic hydroxyl groups is 1. The van der Waals surface area contributed by atoms with Crippen molar-refractivity contribution in [3.63, 3.8) is 0 Å². The third-order valence-corrected chi connectivity index (χ3v) is 2.61. The van der Waals surface area contributed by atoms with Crippen molar-refractivity contribution in [2.24, 2.45) is 0 Å². The van der Waals surface area contributed by atoms with Crippen molar-refractivity contribution < 1.29 is 5.11 Å². The highest BCUT2D eigenvalue weighted by atomic mass is 16.3. The number of H-pyrrole nitrogens is 2. The van der Waals surface area contributed by atoms with Crippen molar-refractivity contribution >= 4 is 5.82 Å². The molecule has 1 rings (SSSR count). The Balaban J connectivity index is 2.75. The van der Waals surface area contributed by atoms with Gasteiger partial charge < -0.3 is 10.4 Å². The lowest BCUT2D eigenvalue weighted by atomic mass is 9.98. The molecule has 0 amide bonds. The van der Waals surface area contributed by atoms with Crippen LogP contribution in [0.15, 0.2) is 9.59 Å². The van der Waals surface area contributed by atoms with E-state index in [1.807, 2.05) is 18.8 Å². The van der Waals surface area contributed by atoms with Gasteiger partial charge in [0.15, 0.2) is 0 Å². The first kappa shape index (κ1) is 12.4. The predicted molar refractivity (Wildman–Crippen MR) is 59.5 cm³/mol. The van der Waals surface area contributed by atoms with Crippen LogP contribution in [0, 0.1) is 0 Å². The van der Waals surface area contributed by atoms with Crippen LogP contribution in [0.2, 0.25) is 0 Å². The zero-order valence-electron chi connectivity index (χ0n) is 9.33. The van der Waals surface area contributed by atoms with Gasteiger partial charge in [0.2, 0.25) is 5.82 Å². The van der Waals surface area contributed by atoms with Crippen LogP contribution < -0.4 is 16.6 Å². The van der Waals surface area contributed by atoms with Crippen molar-refractivity contribution in [3.05, 3.63) is 20.8 Å². The summed E-state index contributed by atoms with van der Waals surface area (Å²) in [7, 11) is 0. The molecule has 1 heterocycles. The second-order valence-corrected chi connectivity index (χ2v) is 3.64. The number of nitrogens with one attached hydrogen (secondary N) is 3. The van der Waals surface area contributed by atoms with E-state index in [0.29, 0.717) is 12.8 Å². The molecule has 0 aliphatic rings. The van der Waals surface area contributed by atoms with E-state index in [-0.39, 0.29) is 12.4 Å². The largest absolute Gasteiger partial charge is 0.388 e. The van der Waals surface area contributed by atoms with Gasteiger partial charge in [-0.05, 0) is 12.8 Å². The van der Waals surface area contributed by atoms with Gasteiger partial charge >= 0.3 is 5.69 Å². The summed E-state index contributed by atoms with van der Waals surface area (Å²) in [6, 6.07) is 0. The molecule has 0 spiro atoms. The molecule has 0 atom stereocenters. The molecule has 1 aromatic heterocycles. The monoisotopic (exact) mass is 228 g/mol. The van der Waals surface area contributed by atoms with Crippen LogP contribution in [-0.2, 0) is 0 Å². The molecule has 0 aliphatic heterocycles. The Labute approximate surface area is 91.9 Å². The molecule has 0 unspecified atom stereocenters. The third-order valence-electron chi connectivity index (χ3n) is 2.61. The molecule has 0 aromatic carbocycles. The summed E-state index contributed by atoms with van der Waals surface area (Å²) in [4.78, 5) is 24.0. The number of aromatic nitrogens is 3. The standard InChI is InChI=1S/C9H16N4O3/c1-3-9(16,4-2)5-10-6-7(14)11-8(15)13-12-6/h16H,3-5H2,1-2H3,(H,10,12)(H2,11,13,14,15). The van der Waals surface area contributed by atoms with Gasteiger partial charge in [0.25, 0.3) is 5.56 Å². The van der Waals surface area contributed by atoms with Gasteiger partial charge in [-0.1, -0.05) is 13.8 Å². The number of hydrogen-bond donors (Lipinski definition) is 4. The molecule has 7 heteroatoms. The fourth-order valence-corrected chi connectivity index (χ4v) is 1.22. The van der Waals surface area contributed by atoms with Gasteiger partial charge in [0.05, 0.1) is 5.60 Å². The lowest BCUT2D eigenvalue weighted by Crippen LogP contribution is -2.37. The van der Waals surface area contributed by atoms with Crippen LogP contribution in [0.25, 0.3) is 0 Å². The molecule has 16 heavy (non-hydrogen) atoms. The maximum Gasteiger partial charge on any atom is 0.342 e. The van der Waals surface area contributed by atoms with Crippen molar-refractivity contribution in [1.29, 1.82) is 0 Å². The van der Waals surface area contributed by atoms with Gasteiger partial charge in [-0.2, -0.15) is 0 Å². The average Bonchev–Trinajstić information content (AvgIpc) is 2.27. The lowest BCUT2D eigenvalue weighted by molar-refractivity contribution is 0.0456. The van der Waals surface area contributed by atoms with Gasteiger partial charge in [-0.25, -0.2) is 9.89 Å². The number of rotatable bonds is 5. The SMILES string of the molecule is CCC(O)(CC)CNc1n[nH]c(=O)[nH]c1=O. The maximum absolute atomic E-state index is 11.3. The van der Waals surface area contributed by atoms with Crippen LogP contribution in [0.3, 0.4) is 0 Å². The number of aromatic amines is 2. The molecule has 0 fully saturated rings. The lowest BCUT2D eigenvalue weighted by Gasteiger charge is -2.25. The van der Waals surface area contributed by atoms with Crippen molar-refractivity contribution in [1.82, 2.24) is 15.2 Å². The smallest absolute Gasteiger partial charge is 0.342 e. The second-order valence-electron chi connectivity index (χ2n) is 3.64. The number of anilines is 1. The topological polar surface area (TPSA) is 111 Å². The van der Waals surface area contributed by atoms with E-state index in [4.69, 9.17) is 0 Å². The summed E-state index contributed by atoms with van der Waals surface area (Å²) < 4.78 is 0. The van der Waals surface area contributed by atoms with E-state index in [1.165, 1.54) is 0 Å². The Kier molecular flexibility index (Phi) is 3.83. The summed E-state index contributed by atoms with van der Waals surface area (Å²) in [6.07, 6.45) is 1.13. The molecule has 7 nitrogen and oxygen atoms in total.